The Morgan fingerprint density at radius 3 is 2.88 bits per heavy atom. The van der Waals surface area contributed by atoms with Gasteiger partial charge in [0.15, 0.2) is 0 Å². The first kappa shape index (κ1) is 9.79. The zero-order chi connectivity index (χ0) is 11.0. The molecular formula is C14H15NO. The molecule has 82 valence electrons. The van der Waals surface area contributed by atoms with Crippen molar-refractivity contribution in [2.45, 2.75) is 25.4 Å². The number of aliphatic hydroxyl groups excluding tert-OH is 1. The predicted octanol–water partition coefficient (Wildman–Crippen LogP) is 3.07. The minimum atomic E-state index is -0.355. The Bertz CT molecular complexity index is 500. The van der Waals surface area contributed by atoms with Gasteiger partial charge in [-0.25, -0.2) is 0 Å². The van der Waals surface area contributed by atoms with E-state index in [0.29, 0.717) is 0 Å². The van der Waals surface area contributed by atoms with Crippen molar-refractivity contribution < 1.29 is 5.11 Å². The van der Waals surface area contributed by atoms with Crippen molar-refractivity contribution in [3.05, 3.63) is 42.2 Å². The first-order chi connectivity index (χ1) is 7.84. The van der Waals surface area contributed by atoms with Gasteiger partial charge in [0.25, 0.3) is 0 Å². The molecule has 0 saturated heterocycles. The second kappa shape index (κ2) is 3.87. The third kappa shape index (κ3) is 1.81. The van der Waals surface area contributed by atoms with Crippen LogP contribution < -0.4 is 0 Å². The van der Waals surface area contributed by atoms with Gasteiger partial charge in [-0.1, -0.05) is 37.1 Å². The maximum Gasteiger partial charge on any atom is 0.0813 e. The van der Waals surface area contributed by atoms with Crippen LogP contribution in [0.4, 0.5) is 0 Å². The highest BCUT2D eigenvalue weighted by molar-refractivity contribution is 5.84. The molecule has 3 rings (SSSR count). The van der Waals surface area contributed by atoms with Gasteiger partial charge in [-0.2, -0.15) is 0 Å². The van der Waals surface area contributed by atoms with E-state index in [1.54, 1.807) is 6.20 Å². The van der Waals surface area contributed by atoms with Crippen LogP contribution in [0.1, 0.15) is 30.9 Å². The lowest BCUT2D eigenvalue weighted by molar-refractivity contribution is 0.161. The van der Waals surface area contributed by atoms with Crippen LogP contribution in [0.2, 0.25) is 0 Å². The largest absolute Gasteiger partial charge is 0.388 e. The van der Waals surface area contributed by atoms with Crippen LogP contribution in [0, 0.1) is 5.92 Å². The summed E-state index contributed by atoms with van der Waals surface area (Å²) in [5.74, 6) is 0.731. The molecule has 2 nitrogen and oxygen atoms in total. The molecule has 1 unspecified atom stereocenters. The Morgan fingerprint density at radius 2 is 2.06 bits per heavy atom. The highest BCUT2D eigenvalue weighted by Crippen LogP contribution is 2.38. The Balaban J connectivity index is 2.00. The molecule has 0 aliphatic heterocycles. The molecule has 0 spiro atoms. The first-order valence-corrected chi connectivity index (χ1v) is 5.85. The SMILES string of the molecule is OC(CC1CC1)c1cncc2ccccc12. The minimum absolute atomic E-state index is 0.355. The van der Waals surface area contributed by atoms with Crippen molar-refractivity contribution in [1.82, 2.24) is 4.98 Å². The summed E-state index contributed by atoms with van der Waals surface area (Å²) >= 11 is 0. The summed E-state index contributed by atoms with van der Waals surface area (Å²) in [7, 11) is 0. The number of nitrogens with zero attached hydrogens (tertiary/aromatic N) is 1. The number of hydrogen-bond acceptors (Lipinski definition) is 2. The van der Waals surface area contributed by atoms with Crippen molar-refractivity contribution >= 4 is 10.8 Å². The van der Waals surface area contributed by atoms with E-state index < -0.39 is 0 Å². The molecular weight excluding hydrogens is 198 g/mol. The number of rotatable bonds is 3. The summed E-state index contributed by atoms with van der Waals surface area (Å²) in [5.41, 5.74) is 0.977. The molecule has 1 fully saturated rings. The lowest BCUT2D eigenvalue weighted by Gasteiger charge is -2.12. The smallest absolute Gasteiger partial charge is 0.0813 e. The summed E-state index contributed by atoms with van der Waals surface area (Å²) in [6.07, 6.45) is 6.73. The Hall–Kier alpha value is -1.41. The van der Waals surface area contributed by atoms with E-state index in [4.69, 9.17) is 0 Å². The van der Waals surface area contributed by atoms with Gasteiger partial charge in [0.05, 0.1) is 6.10 Å². The lowest BCUT2D eigenvalue weighted by Crippen LogP contribution is -2.00. The number of fused-ring (bicyclic) bond motifs is 1. The summed E-state index contributed by atoms with van der Waals surface area (Å²) < 4.78 is 0. The zero-order valence-electron chi connectivity index (χ0n) is 9.13. The number of aromatic nitrogens is 1. The van der Waals surface area contributed by atoms with Gasteiger partial charge in [-0.3, -0.25) is 4.98 Å². The predicted molar refractivity (Wildman–Crippen MR) is 64.0 cm³/mol. The highest BCUT2D eigenvalue weighted by atomic mass is 16.3. The standard InChI is InChI=1S/C14H15NO/c16-14(7-10-5-6-10)13-9-15-8-11-3-1-2-4-12(11)13/h1-4,8-10,14,16H,5-7H2. The van der Waals surface area contributed by atoms with Crippen LogP contribution in [-0.4, -0.2) is 10.1 Å². The fourth-order valence-corrected chi connectivity index (χ4v) is 2.20. The van der Waals surface area contributed by atoms with E-state index in [1.165, 1.54) is 12.8 Å². The van der Waals surface area contributed by atoms with Gasteiger partial charge in [-0.15, -0.1) is 0 Å². The van der Waals surface area contributed by atoms with Crippen LogP contribution in [0.3, 0.4) is 0 Å². The van der Waals surface area contributed by atoms with E-state index in [0.717, 1.165) is 28.7 Å². The normalized spacial score (nSPS) is 17.6. The van der Waals surface area contributed by atoms with Crippen LogP contribution in [0.5, 0.6) is 0 Å². The molecule has 16 heavy (non-hydrogen) atoms. The second-order valence-corrected chi connectivity index (χ2v) is 4.64. The third-order valence-electron chi connectivity index (χ3n) is 3.31. The number of aliphatic hydroxyl groups is 1. The second-order valence-electron chi connectivity index (χ2n) is 4.64. The van der Waals surface area contributed by atoms with E-state index in [2.05, 4.69) is 11.1 Å². The fraction of sp³-hybridized carbons (Fsp3) is 0.357. The van der Waals surface area contributed by atoms with E-state index in [-0.39, 0.29) is 6.10 Å². The lowest BCUT2D eigenvalue weighted by atomic mass is 10.00. The molecule has 0 amide bonds. The van der Waals surface area contributed by atoms with Crippen LogP contribution in [0.15, 0.2) is 36.7 Å². The van der Waals surface area contributed by atoms with Gasteiger partial charge in [0.2, 0.25) is 0 Å². The van der Waals surface area contributed by atoms with Gasteiger partial charge in [0, 0.05) is 23.3 Å². The topological polar surface area (TPSA) is 33.1 Å². The summed E-state index contributed by atoms with van der Waals surface area (Å²) in [4.78, 5) is 4.20. The highest BCUT2D eigenvalue weighted by Gasteiger charge is 2.25. The molecule has 0 bridgehead atoms. The van der Waals surface area contributed by atoms with Gasteiger partial charge in [0.1, 0.15) is 0 Å². The quantitative estimate of drug-likeness (QED) is 0.850. The molecule has 1 atom stereocenters. The Morgan fingerprint density at radius 1 is 1.25 bits per heavy atom. The minimum Gasteiger partial charge on any atom is -0.388 e. The molecule has 2 aromatic rings. The number of benzene rings is 1. The third-order valence-corrected chi connectivity index (χ3v) is 3.31. The Labute approximate surface area is 94.9 Å². The maximum absolute atomic E-state index is 10.2. The van der Waals surface area contributed by atoms with Gasteiger partial charge >= 0.3 is 0 Å². The molecule has 1 aromatic heterocycles. The van der Waals surface area contributed by atoms with E-state index in [9.17, 15) is 5.11 Å². The zero-order valence-corrected chi connectivity index (χ0v) is 9.13. The molecule has 1 heterocycles. The molecule has 1 aliphatic carbocycles. The van der Waals surface area contributed by atoms with Crippen molar-refractivity contribution in [1.29, 1.82) is 0 Å². The van der Waals surface area contributed by atoms with Gasteiger partial charge < -0.3 is 5.11 Å². The number of pyridine rings is 1. The number of hydrogen-bond donors (Lipinski definition) is 1. The first-order valence-electron chi connectivity index (χ1n) is 5.85. The summed E-state index contributed by atoms with van der Waals surface area (Å²) in [5, 5.41) is 12.4. The summed E-state index contributed by atoms with van der Waals surface area (Å²) in [6, 6.07) is 8.11. The maximum atomic E-state index is 10.2. The van der Waals surface area contributed by atoms with Crippen LogP contribution >= 0.6 is 0 Å². The van der Waals surface area contributed by atoms with E-state index >= 15 is 0 Å². The van der Waals surface area contributed by atoms with Gasteiger partial charge in [-0.05, 0) is 17.7 Å². The molecule has 1 aromatic carbocycles. The van der Waals surface area contributed by atoms with E-state index in [1.807, 2.05) is 24.4 Å². The van der Waals surface area contributed by atoms with Crippen molar-refractivity contribution in [3.8, 4) is 0 Å². The molecule has 1 aliphatic rings. The fourth-order valence-electron chi connectivity index (χ4n) is 2.20. The van der Waals surface area contributed by atoms with Crippen molar-refractivity contribution in [3.63, 3.8) is 0 Å². The average Bonchev–Trinajstić information content (AvgIpc) is 3.12. The van der Waals surface area contributed by atoms with Crippen LogP contribution in [0.25, 0.3) is 10.8 Å². The molecule has 0 radical (unpaired) electrons. The molecule has 1 N–H and O–H groups in total. The van der Waals surface area contributed by atoms with Crippen molar-refractivity contribution in [2.75, 3.05) is 0 Å². The Kier molecular flexibility index (Phi) is 2.37. The summed E-state index contributed by atoms with van der Waals surface area (Å²) in [6.45, 7) is 0. The molecule has 1 saturated carbocycles. The molecule has 2 heteroatoms. The van der Waals surface area contributed by atoms with Crippen molar-refractivity contribution in [2.24, 2.45) is 5.92 Å². The average molecular weight is 213 g/mol. The van der Waals surface area contributed by atoms with Crippen LogP contribution in [-0.2, 0) is 0 Å². The monoisotopic (exact) mass is 213 g/mol.